The lowest BCUT2D eigenvalue weighted by atomic mass is 10.1. The van der Waals surface area contributed by atoms with Crippen LogP contribution in [0.15, 0.2) is 48.5 Å². The molecule has 104 valence electrons. The van der Waals surface area contributed by atoms with Crippen molar-refractivity contribution >= 4 is 17.9 Å². The predicted molar refractivity (Wildman–Crippen MR) is 79.5 cm³/mol. The number of fused-ring (bicyclic) bond motifs is 1. The van der Waals surface area contributed by atoms with Crippen LogP contribution in [0.2, 0.25) is 0 Å². The molecule has 1 aliphatic rings. The molecular formula is C17H13NO3. The van der Waals surface area contributed by atoms with Gasteiger partial charge in [-0.1, -0.05) is 36.4 Å². The third-order valence-electron chi connectivity index (χ3n) is 3.21. The number of nitrogens with one attached hydrogen (secondary N) is 1. The number of rotatable bonds is 3. The number of imide groups is 1. The average molecular weight is 279 g/mol. The van der Waals surface area contributed by atoms with Crippen molar-refractivity contribution in [1.82, 2.24) is 5.32 Å². The van der Waals surface area contributed by atoms with Gasteiger partial charge in [0.2, 0.25) is 0 Å². The summed E-state index contributed by atoms with van der Waals surface area (Å²) in [6.45, 7) is 1.92. The molecule has 0 bridgehead atoms. The topological polar surface area (TPSA) is 55.4 Å². The molecule has 1 aliphatic heterocycles. The molecule has 0 atom stereocenters. The number of carbonyl (C=O) groups is 2. The molecule has 0 unspecified atom stereocenters. The molecule has 0 aliphatic carbocycles. The summed E-state index contributed by atoms with van der Waals surface area (Å²) < 4.78 is 5.86. The summed E-state index contributed by atoms with van der Waals surface area (Å²) in [6, 6.07) is 12.5. The zero-order chi connectivity index (χ0) is 14.8. The van der Waals surface area contributed by atoms with Crippen LogP contribution in [-0.2, 0) is 0 Å². The van der Waals surface area contributed by atoms with Gasteiger partial charge in [-0.05, 0) is 25.1 Å². The smallest absolute Gasteiger partial charge is 0.262 e. The summed E-state index contributed by atoms with van der Waals surface area (Å²) in [5.74, 6) is 0.209. The molecule has 0 saturated carbocycles. The van der Waals surface area contributed by atoms with Gasteiger partial charge in [0, 0.05) is 5.56 Å². The van der Waals surface area contributed by atoms with Crippen LogP contribution >= 0.6 is 0 Å². The highest BCUT2D eigenvalue weighted by Crippen LogP contribution is 2.32. The second-order valence-corrected chi connectivity index (χ2v) is 4.60. The van der Waals surface area contributed by atoms with Gasteiger partial charge in [-0.25, -0.2) is 0 Å². The minimum Gasteiger partial charge on any atom is -0.456 e. The molecule has 2 aromatic rings. The van der Waals surface area contributed by atoms with Gasteiger partial charge in [-0.2, -0.15) is 0 Å². The van der Waals surface area contributed by atoms with Crippen LogP contribution < -0.4 is 10.1 Å². The summed E-state index contributed by atoms with van der Waals surface area (Å²) in [5.41, 5.74) is 1.54. The summed E-state index contributed by atoms with van der Waals surface area (Å²) in [5, 5.41) is 2.28. The summed E-state index contributed by atoms with van der Waals surface area (Å²) in [6.07, 6.45) is 3.83. The van der Waals surface area contributed by atoms with E-state index in [1.54, 1.807) is 18.2 Å². The zero-order valence-electron chi connectivity index (χ0n) is 11.4. The van der Waals surface area contributed by atoms with Gasteiger partial charge < -0.3 is 4.74 Å². The van der Waals surface area contributed by atoms with Crippen molar-refractivity contribution in [2.75, 3.05) is 0 Å². The maximum Gasteiger partial charge on any atom is 0.262 e. The first-order valence-electron chi connectivity index (χ1n) is 6.59. The molecular weight excluding hydrogens is 266 g/mol. The Labute approximate surface area is 122 Å². The fraction of sp³-hybridized carbons (Fsp3) is 0.0588. The number of allylic oxidation sites excluding steroid dienone is 1. The third kappa shape index (κ3) is 2.31. The van der Waals surface area contributed by atoms with Gasteiger partial charge in [0.15, 0.2) is 0 Å². The van der Waals surface area contributed by atoms with Crippen LogP contribution in [0.5, 0.6) is 11.5 Å². The number of benzene rings is 2. The van der Waals surface area contributed by atoms with Gasteiger partial charge in [0.05, 0.1) is 11.1 Å². The standard InChI is InChI=1S/C17H13NO3/c1-2-6-11-7-3-4-9-13(11)21-14-10-5-8-12-15(14)17(20)18-16(12)19/h2-10H,1H3,(H,18,19,20). The number of carbonyl (C=O) groups excluding carboxylic acids is 2. The van der Waals surface area contributed by atoms with Crippen molar-refractivity contribution in [3.05, 3.63) is 65.2 Å². The fourth-order valence-electron chi connectivity index (χ4n) is 2.28. The molecule has 2 aromatic carbocycles. The molecule has 3 rings (SSSR count). The van der Waals surface area contributed by atoms with Crippen molar-refractivity contribution in [1.29, 1.82) is 0 Å². The number of amides is 2. The Balaban J connectivity index is 2.05. The molecule has 2 amide bonds. The monoisotopic (exact) mass is 279 g/mol. The lowest BCUT2D eigenvalue weighted by Gasteiger charge is -2.10. The van der Waals surface area contributed by atoms with Crippen molar-refractivity contribution in [3.63, 3.8) is 0 Å². The van der Waals surface area contributed by atoms with Gasteiger partial charge in [0.1, 0.15) is 11.5 Å². The molecule has 1 heterocycles. The summed E-state index contributed by atoms with van der Waals surface area (Å²) >= 11 is 0. The van der Waals surface area contributed by atoms with E-state index in [0.717, 1.165) is 5.56 Å². The Bertz CT molecular complexity index is 762. The van der Waals surface area contributed by atoms with Crippen LogP contribution in [0.4, 0.5) is 0 Å². The first kappa shape index (κ1) is 13.1. The lowest BCUT2D eigenvalue weighted by molar-refractivity contribution is 0.0879. The molecule has 0 spiro atoms. The highest BCUT2D eigenvalue weighted by molar-refractivity contribution is 6.22. The van der Waals surface area contributed by atoms with E-state index in [0.29, 0.717) is 17.1 Å². The van der Waals surface area contributed by atoms with Gasteiger partial charge in [0.25, 0.3) is 11.8 Å². The number of ether oxygens (including phenoxy) is 1. The van der Waals surface area contributed by atoms with E-state index < -0.39 is 5.91 Å². The van der Waals surface area contributed by atoms with Crippen LogP contribution in [-0.4, -0.2) is 11.8 Å². The van der Waals surface area contributed by atoms with Crippen LogP contribution in [0.25, 0.3) is 6.08 Å². The van der Waals surface area contributed by atoms with Crippen molar-refractivity contribution in [2.24, 2.45) is 0 Å². The van der Waals surface area contributed by atoms with E-state index in [2.05, 4.69) is 5.32 Å². The van der Waals surface area contributed by atoms with E-state index in [9.17, 15) is 9.59 Å². The minimum absolute atomic E-state index is 0.290. The SMILES string of the molecule is CC=Cc1ccccc1Oc1cccc2c1C(=O)NC2=O. The Morgan fingerprint density at radius 1 is 0.952 bits per heavy atom. The Morgan fingerprint density at radius 2 is 1.71 bits per heavy atom. The van der Waals surface area contributed by atoms with E-state index in [1.807, 2.05) is 43.3 Å². The lowest BCUT2D eigenvalue weighted by Crippen LogP contribution is -2.20. The van der Waals surface area contributed by atoms with Crippen molar-refractivity contribution < 1.29 is 14.3 Å². The first-order valence-corrected chi connectivity index (χ1v) is 6.59. The zero-order valence-corrected chi connectivity index (χ0v) is 11.4. The van der Waals surface area contributed by atoms with Gasteiger partial charge >= 0.3 is 0 Å². The number of para-hydroxylation sites is 1. The Hall–Kier alpha value is -2.88. The van der Waals surface area contributed by atoms with Crippen LogP contribution in [0, 0.1) is 0 Å². The molecule has 0 saturated heterocycles. The molecule has 1 N–H and O–H groups in total. The van der Waals surface area contributed by atoms with Crippen LogP contribution in [0.3, 0.4) is 0 Å². The minimum atomic E-state index is -0.422. The summed E-state index contributed by atoms with van der Waals surface area (Å²) in [4.78, 5) is 23.5. The average Bonchev–Trinajstić information content (AvgIpc) is 2.77. The van der Waals surface area contributed by atoms with E-state index >= 15 is 0 Å². The first-order chi connectivity index (χ1) is 10.2. The predicted octanol–water partition coefficient (Wildman–Crippen LogP) is 3.40. The normalized spacial score (nSPS) is 13.4. The Kier molecular flexibility index (Phi) is 3.28. The van der Waals surface area contributed by atoms with E-state index in [1.165, 1.54) is 0 Å². The second-order valence-electron chi connectivity index (χ2n) is 4.60. The molecule has 0 radical (unpaired) electrons. The maximum atomic E-state index is 11.9. The number of hydrogen-bond acceptors (Lipinski definition) is 3. The van der Waals surface area contributed by atoms with Gasteiger partial charge in [-0.3, -0.25) is 14.9 Å². The fourth-order valence-corrected chi connectivity index (χ4v) is 2.28. The molecule has 4 nitrogen and oxygen atoms in total. The second kappa shape index (κ2) is 5.25. The molecule has 0 fully saturated rings. The summed E-state index contributed by atoms with van der Waals surface area (Å²) in [7, 11) is 0. The maximum absolute atomic E-state index is 11.9. The van der Waals surface area contributed by atoms with E-state index in [4.69, 9.17) is 4.74 Å². The quantitative estimate of drug-likeness (QED) is 0.876. The molecule has 4 heteroatoms. The Morgan fingerprint density at radius 3 is 2.52 bits per heavy atom. The molecule has 0 aromatic heterocycles. The van der Waals surface area contributed by atoms with Crippen molar-refractivity contribution in [2.45, 2.75) is 6.92 Å². The highest BCUT2D eigenvalue weighted by atomic mass is 16.5. The highest BCUT2D eigenvalue weighted by Gasteiger charge is 2.30. The van der Waals surface area contributed by atoms with Crippen molar-refractivity contribution in [3.8, 4) is 11.5 Å². The largest absolute Gasteiger partial charge is 0.456 e. The van der Waals surface area contributed by atoms with Gasteiger partial charge in [-0.15, -0.1) is 0 Å². The van der Waals surface area contributed by atoms with E-state index in [-0.39, 0.29) is 11.5 Å². The number of hydrogen-bond donors (Lipinski definition) is 1. The molecule has 21 heavy (non-hydrogen) atoms. The third-order valence-corrected chi connectivity index (χ3v) is 3.21. The van der Waals surface area contributed by atoms with Crippen LogP contribution in [0.1, 0.15) is 33.2 Å².